The highest BCUT2D eigenvalue weighted by atomic mass is 32.2. The van der Waals surface area contributed by atoms with E-state index < -0.39 is 15.9 Å². The number of fused-ring (bicyclic) bond motifs is 1. The number of aromatic nitrogens is 1. The molecule has 152 valence electrons. The average molecular weight is 415 g/mol. The number of nitrogens with zero attached hydrogens (tertiary/aromatic N) is 2. The summed E-state index contributed by atoms with van der Waals surface area (Å²) in [5, 5.41) is 3.92. The second-order valence-corrected chi connectivity index (χ2v) is 8.25. The van der Waals surface area contributed by atoms with Crippen molar-refractivity contribution in [3.05, 3.63) is 54.9 Å². The van der Waals surface area contributed by atoms with Crippen LogP contribution >= 0.6 is 0 Å². The van der Waals surface area contributed by atoms with E-state index in [1.165, 1.54) is 33.5 Å². The van der Waals surface area contributed by atoms with Gasteiger partial charge in [-0.15, -0.1) is 0 Å². The molecule has 0 radical (unpaired) electrons. The molecule has 1 N–H and O–H groups in total. The van der Waals surface area contributed by atoms with Crippen LogP contribution in [0.1, 0.15) is 0 Å². The van der Waals surface area contributed by atoms with Crippen molar-refractivity contribution in [1.82, 2.24) is 9.29 Å². The van der Waals surface area contributed by atoms with E-state index in [0.29, 0.717) is 28.0 Å². The van der Waals surface area contributed by atoms with Gasteiger partial charge in [0.2, 0.25) is 15.9 Å². The SMILES string of the molecule is COc1ccc(NC(=O)CN(C)S(=O)(=O)c2cccc3cnccc23)cc1OC. The van der Waals surface area contributed by atoms with Gasteiger partial charge in [-0.25, -0.2) is 8.42 Å². The zero-order valence-corrected chi connectivity index (χ0v) is 17.1. The molecule has 0 bridgehead atoms. The number of hydrogen-bond acceptors (Lipinski definition) is 6. The van der Waals surface area contributed by atoms with Gasteiger partial charge in [-0.05, 0) is 24.3 Å². The van der Waals surface area contributed by atoms with Gasteiger partial charge in [0.1, 0.15) is 0 Å². The van der Waals surface area contributed by atoms with Crippen LogP contribution in [-0.2, 0) is 14.8 Å². The number of pyridine rings is 1. The van der Waals surface area contributed by atoms with Crippen molar-refractivity contribution in [3.8, 4) is 11.5 Å². The van der Waals surface area contributed by atoms with Crippen molar-refractivity contribution in [1.29, 1.82) is 0 Å². The van der Waals surface area contributed by atoms with E-state index >= 15 is 0 Å². The first kappa shape index (κ1) is 20.6. The van der Waals surface area contributed by atoms with Crippen LogP contribution in [0.4, 0.5) is 5.69 Å². The van der Waals surface area contributed by atoms with Crippen LogP contribution in [-0.4, -0.2) is 51.4 Å². The van der Waals surface area contributed by atoms with Gasteiger partial charge < -0.3 is 14.8 Å². The highest BCUT2D eigenvalue weighted by Gasteiger charge is 2.25. The van der Waals surface area contributed by atoms with E-state index in [1.54, 1.807) is 42.6 Å². The highest BCUT2D eigenvalue weighted by Crippen LogP contribution is 2.30. The van der Waals surface area contributed by atoms with Crippen LogP contribution in [0.5, 0.6) is 11.5 Å². The second kappa shape index (κ2) is 8.46. The van der Waals surface area contributed by atoms with Crippen LogP contribution in [0.3, 0.4) is 0 Å². The lowest BCUT2D eigenvalue weighted by atomic mass is 10.2. The van der Waals surface area contributed by atoms with Gasteiger partial charge in [0.25, 0.3) is 0 Å². The van der Waals surface area contributed by atoms with Crippen molar-refractivity contribution in [3.63, 3.8) is 0 Å². The minimum atomic E-state index is -3.88. The van der Waals surface area contributed by atoms with E-state index in [4.69, 9.17) is 9.47 Å². The Bertz CT molecular complexity index is 1140. The molecule has 29 heavy (non-hydrogen) atoms. The summed E-state index contributed by atoms with van der Waals surface area (Å²) in [4.78, 5) is 16.6. The third-order valence-electron chi connectivity index (χ3n) is 4.36. The Kier molecular flexibility index (Phi) is 6.00. The minimum absolute atomic E-state index is 0.124. The van der Waals surface area contributed by atoms with Crippen LogP contribution in [0.15, 0.2) is 59.8 Å². The summed E-state index contributed by atoms with van der Waals surface area (Å²) in [6.07, 6.45) is 3.13. The number of anilines is 1. The number of benzene rings is 2. The second-order valence-electron chi connectivity index (χ2n) is 6.23. The Balaban J connectivity index is 1.78. The third kappa shape index (κ3) is 4.30. The predicted octanol–water partition coefficient (Wildman–Crippen LogP) is 2.51. The fraction of sp³-hybridized carbons (Fsp3) is 0.200. The molecule has 0 fully saturated rings. The first-order valence-electron chi connectivity index (χ1n) is 8.68. The lowest BCUT2D eigenvalue weighted by Crippen LogP contribution is -2.35. The molecule has 9 heteroatoms. The molecular weight excluding hydrogens is 394 g/mol. The maximum atomic E-state index is 13.0. The van der Waals surface area contributed by atoms with Crippen molar-refractivity contribution in [2.24, 2.45) is 0 Å². The number of nitrogens with one attached hydrogen (secondary N) is 1. The first-order valence-corrected chi connectivity index (χ1v) is 10.1. The zero-order chi connectivity index (χ0) is 21.0. The fourth-order valence-electron chi connectivity index (χ4n) is 2.89. The number of ether oxygens (including phenoxy) is 2. The highest BCUT2D eigenvalue weighted by molar-refractivity contribution is 7.89. The van der Waals surface area contributed by atoms with Crippen LogP contribution in [0.25, 0.3) is 10.8 Å². The Morgan fingerprint density at radius 1 is 1.10 bits per heavy atom. The monoisotopic (exact) mass is 415 g/mol. The average Bonchev–Trinajstić information content (AvgIpc) is 2.72. The molecule has 3 aromatic rings. The molecule has 0 spiro atoms. The van der Waals surface area contributed by atoms with E-state index in [2.05, 4.69) is 10.3 Å². The molecule has 0 unspecified atom stereocenters. The number of carbonyl (C=O) groups is 1. The Hall–Kier alpha value is -3.17. The number of amides is 1. The normalized spacial score (nSPS) is 11.4. The molecule has 0 aliphatic rings. The molecule has 0 saturated heterocycles. The number of methoxy groups -OCH3 is 2. The maximum absolute atomic E-state index is 13.0. The van der Waals surface area contributed by atoms with Gasteiger partial charge in [0, 0.05) is 42.0 Å². The molecular formula is C20H21N3O5S. The van der Waals surface area contributed by atoms with E-state index in [1.807, 2.05) is 0 Å². The number of hydrogen-bond donors (Lipinski definition) is 1. The Morgan fingerprint density at radius 2 is 1.86 bits per heavy atom. The van der Waals surface area contributed by atoms with Crippen LogP contribution < -0.4 is 14.8 Å². The summed E-state index contributed by atoms with van der Waals surface area (Å²) in [5.41, 5.74) is 0.467. The molecule has 0 aliphatic carbocycles. The van der Waals surface area contributed by atoms with Crippen LogP contribution in [0.2, 0.25) is 0 Å². The molecule has 8 nitrogen and oxygen atoms in total. The Labute approximate surface area is 169 Å². The van der Waals surface area contributed by atoms with Crippen molar-refractivity contribution >= 4 is 32.4 Å². The standard InChI is InChI=1S/C20H21N3O5S/c1-23(13-20(24)22-15-7-8-17(27-2)18(11-15)28-3)29(25,26)19-6-4-5-14-12-21-10-9-16(14)19/h4-12H,13H2,1-3H3,(H,22,24). The molecule has 0 aliphatic heterocycles. The predicted molar refractivity (Wildman–Crippen MR) is 110 cm³/mol. The largest absolute Gasteiger partial charge is 0.493 e. The maximum Gasteiger partial charge on any atom is 0.243 e. The third-order valence-corrected chi connectivity index (χ3v) is 6.22. The quantitative estimate of drug-likeness (QED) is 0.637. The molecule has 2 aromatic carbocycles. The van der Waals surface area contributed by atoms with Gasteiger partial charge >= 0.3 is 0 Å². The number of likely N-dealkylation sites (N-methyl/N-ethyl adjacent to an activating group) is 1. The lowest BCUT2D eigenvalue weighted by molar-refractivity contribution is -0.116. The van der Waals surface area contributed by atoms with Gasteiger partial charge in [-0.2, -0.15) is 4.31 Å². The lowest BCUT2D eigenvalue weighted by Gasteiger charge is -2.18. The summed E-state index contributed by atoms with van der Waals surface area (Å²) < 4.78 is 37.4. The number of carbonyl (C=O) groups excluding carboxylic acids is 1. The van der Waals surface area contributed by atoms with Crippen LogP contribution in [0, 0.1) is 0 Å². The minimum Gasteiger partial charge on any atom is -0.493 e. The summed E-state index contributed by atoms with van der Waals surface area (Å²) in [5.74, 6) is 0.497. The fourth-order valence-corrected chi connectivity index (χ4v) is 4.22. The van der Waals surface area contributed by atoms with E-state index in [-0.39, 0.29) is 11.4 Å². The summed E-state index contributed by atoms with van der Waals surface area (Å²) in [6, 6.07) is 11.5. The molecule has 3 rings (SSSR count). The number of sulfonamides is 1. The molecule has 1 amide bonds. The van der Waals surface area contributed by atoms with Gasteiger partial charge in [0.15, 0.2) is 11.5 Å². The summed E-state index contributed by atoms with van der Waals surface area (Å²) >= 11 is 0. The Morgan fingerprint density at radius 3 is 2.59 bits per heavy atom. The van der Waals surface area contributed by atoms with E-state index in [0.717, 1.165) is 4.31 Å². The van der Waals surface area contributed by atoms with Gasteiger partial charge in [0.05, 0.1) is 25.7 Å². The van der Waals surface area contributed by atoms with Crippen molar-refractivity contribution in [2.75, 3.05) is 33.1 Å². The topological polar surface area (TPSA) is 97.8 Å². The van der Waals surface area contributed by atoms with Gasteiger partial charge in [-0.1, -0.05) is 12.1 Å². The summed E-state index contributed by atoms with van der Waals surface area (Å²) in [7, 11) is 0.491. The molecule has 1 aromatic heterocycles. The zero-order valence-electron chi connectivity index (χ0n) is 16.2. The van der Waals surface area contributed by atoms with Crippen molar-refractivity contribution in [2.45, 2.75) is 4.90 Å². The van der Waals surface area contributed by atoms with E-state index in [9.17, 15) is 13.2 Å². The number of rotatable bonds is 7. The first-order chi connectivity index (χ1) is 13.9. The van der Waals surface area contributed by atoms with Gasteiger partial charge in [-0.3, -0.25) is 9.78 Å². The smallest absolute Gasteiger partial charge is 0.243 e. The summed E-state index contributed by atoms with van der Waals surface area (Å²) in [6.45, 7) is -0.349. The molecule has 1 heterocycles. The van der Waals surface area contributed by atoms with Crippen molar-refractivity contribution < 1.29 is 22.7 Å². The molecule has 0 saturated carbocycles. The molecule has 0 atom stereocenters.